The van der Waals surface area contributed by atoms with E-state index in [4.69, 9.17) is 13.9 Å². The highest BCUT2D eigenvalue weighted by Gasteiger charge is 2.11. The van der Waals surface area contributed by atoms with Gasteiger partial charge in [-0.2, -0.15) is 0 Å². The third kappa shape index (κ3) is 4.35. The topological polar surface area (TPSA) is 109 Å². The minimum atomic E-state index is -0.636. The van der Waals surface area contributed by atoms with Crippen LogP contribution in [-0.2, 0) is 16.1 Å². The van der Waals surface area contributed by atoms with Crippen LogP contribution in [0.2, 0.25) is 0 Å². The molecule has 0 bridgehead atoms. The van der Waals surface area contributed by atoms with Gasteiger partial charge in [-0.05, 0) is 49.2 Å². The van der Waals surface area contributed by atoms with Gasteiger partial charge in [0.15, 0.2) is 6.61 Å². The van der Waals surface area contributed by atoms with Gasteiger partial charge in [-0.25, -0.2) is 9.59 Å². The predicted molar refractivity (Wildman–Crippen MR) is 100 cm³/mol. The molecule has 0 amide bonds. The van der Waals surface area contributed by atoms with Crippen molar-refractivity contribution in [3.63, 3.8) is 0 Å². The summed E-state index contributed by atoms with van der Waals surface area (Å²) in [5.74, 6) is -0.331. The lowest BCUT2D eigenvalue weighted by Crippen LogP contribution is -2.15. The van der Waals surface area contributed by atoms with Crippen LogP contribution in [0.15, 0.2) is 51.7 Å². The summed E-state index contributed by atoms with van der Waals surface area (Å²) in [6.07, 6.45) is 0. The molecule has 2 aromatic carbocycles. The Balaban J connectivity index is 1.65. The Morgan fingerprint density at radius 3 is 2.46 bits per heavy atom. The van der Waals surface area contributed by atoms with Crippen LogP contribution in [0.25, 0.3) is 11.0 Å². The second-order valence-electron chi connectivity index (χ2n) is 6.22. The van der Waals surface area contributed by atoms with Gasteiger partial charge in [0.2, 0.25) is 0 Å². The predicted octanol–water partition coefficient (Wildman–Crippen LogP) is 3.44. The number of rotatable bonds is 6. The number of aryl methyl sites for hydroxylation is 2. The molecule has 0 saturated carbocycles. The number of carbonyl (C=O) groups is 1. The molecule has 0 atom stereocenters. The number of ether oxygens (including phenoxy) is 2. The summed E-state index contributed by atoms with van der Waals surface area (Å²) in [5, 5.41) is 11.3. The maximum absolute atomic E-state index is 11.9. The van der Waals surface area contributed by atoms with Crippen LogP contribution in [0.4, 0.5) is 5.69 Å². The van der Waals surface area contributed by atoms with E-state index in [2.05, 4.69) is 0 Å². The van der Waals surface area contributed by atoms with E-state index in [0.29, 0.717) is 22.3 Å². The van der Waals surface area contributed by atoms with Gasteiger partial charge < -0.3 is 13.9 Å². The second kappa shape index (κ2) is 7.91. The lowest BCUT2D eigenvalue weighted by Gasteiger charge is -2.10. The highest BCUT2D eigenvalue weighted by Crippen LogP contribution is 2.22. The summed E-state index contributed by atoms with van der Waals surface area (Å²) in [7, 11) is 0. The summed E-state index contributed by atoms with van der Waals surface area (Å²) in [6, 6.07) is 10.3. The van der Waals surface area contributed by atoms with E-state index in [1.807, 2.05) is 19.9 Å². The van der Waals surface area contributed by atoms with Crippen LogP contribution in [-0.4, -0.2) is 17.5 Å². The van der Waals surface area contributed by atoms with Gasteiger partial charge in [0.05, 0.1) is 4.92 Å². The van der Waals surface area contributed by atoms with E-state index in [-0.39, 0.29) is 18.9 Å². The van der Waals surface area contributed by atoms with E-state index < -0.39 is 16.5 Å². The molecule has 8 heteroatoms. The molecule has 3 rings (SSSR count). The molecule has 144 valence electrons. The van der Waals surface area contributed by atoms with Gasteiger partial charge in [-0.15, -0.1) is 0 Å². The fourth-order valence-corrected chi connectivity index (χ4v) is 2.61. The largest absolute Gasteiger partial charge is 0.482 e. The fourth-order valence-electron chi connectivity index (χ4n) is 2.61. The van der Waals surface area contributed by atoms with Crippen molar-refractivity contribution in [3.05, 3.63) is 79.7 Å². The number of hydrogen-bond acceptors (Lipinski definition) is 7. The third-order valence-corrected chi connectivity index (χ3v) is 4.24. The summed E-state index contributed by atoms with van der Waals surface area (Å²) >= 11 is 0. The first-order valence-electron chi connectivity index (χ1n) is 8.40. The van der Waals surface area contributed by atoms with E-state index in [1.54, 1.807) is 6.07 Å². The molecule has 3 aromatic rings. The number of nitro groups is 1. The minimum absolute atomic E-state index is 0.0738. The van der Waals surface area contributed by atoms with Gasteiger partial charge in [0.1, 0.15) is 17.9 Å². The van der Waals surface area contributed by atoms with E-state index in [1.165, 1.54) is 30.3 Å². The average Bonchev–Trinajstić information content (AvgIpc) is 2.66. The fraction of sp³-hybridized carbons (Fsp3) is 0.200. The van der Waals surface area contributed by atoms with Gasteiger partial charge in [0, 0.05) is 29.1 Å². The van der Waals surface area contributed by atoms with E-state index >= 15 is 0 Å². The number of non-ortho nitro benzene ring substituents is 1. The van der Waals surface area contributed by atoms with Crippen LogP contribution in [0.3, 0.4) is 0 Å². The van der Waals surface area contributed by atoms with Gasteiger partial charge in [0.25, 0.3) is 5.69 Å². The molecule has 1 heterocycles. The highest BCUT2D eigenvalue weighted by molar-refractivity contribution is 5.82. The molecule has 28 heavy (non-hydrogen) atoms. The minimum Gasteiger partial charge on any atom is -0.482 e. The quantitative estimate of drug-likeness (QED) is 0.278. The molecule has 8 nitrogen and oxygen atoms in total. The third-order valence-electron chi connectivity index (χ3n) is 4.24. The Labute approximate surface area is 159 Å². The zero-order valence-corrected chi connectivity index (χ0v) is 15.3. The number of nitrogens with zero attached hydrogens (tertiary/aromatic N) is 1. The van der Waals surface area contributed by atoms with Crippen molar-refractivity contribution in [2.45, 2.75) is 20.5 Å². The second-order valence-corrected chi connectivity index (χ2v) is 6.22. The zero-order chi connectivity index (χ0) is 20.3. The van der Waals surface area contributed by atoms with Crippen LogP contribution in [0.1, 0.15) is 16.7 Å². The maximum atomic E-state index is 11.9. The van der Waals surface area contributed by atoms with Gasteiger partial charge in [-0.1, -0.05) is 0 Å². The molecule has 0 fully saturated rings. The standard InChI is InChI=1S/C20H17NO7/c1-12-7-17-14(9-19(22)28-18(17)8-13(12)2)10-27-20(23)11-26-16-5-3-15(4-6-16)21(24)25/h3-9H,10-11H2,1-2H3. The lowest BCUT2D eigenvalue weighted by molar-refractivity contribution is -0.384. The number of esters is 1. The van der Waals surface area contributed by atoms with Crippen molar-refractivity contribution in [1.82, 2.24) is 0 Å². The molecule has 0 unspecified atom stereocenters. The molecule has 0 saturated heterocycles. The summed E-state index contributed by atoms with van der Waals surface area (Å²) in [4.78, 5) is 33.8. The molecule has 0 aliphatic carbocycles. The van der Waals surface area contributed by atoms with E-state index in [9.17, 15) is 19.7 Å². The summed E-state index contributed by atoms with van der Waals surface area (Å²) in [6.45, 7) is 3.38. The maximum Gasteiger partial charge on any atom is 0.344 e. The Morgan fingerprint density at radius 2 is 1.79 bits per heavy atom. The van der Waals surface area contributed by atoms with Crippen molar-refractivity contribution in [1.29, 1.82) is 0 Å². The van der Waals surface area contributed by atoms with Gasteiger partial charge in [-0.3, -0.25) is 10.1 Å². The normalized spacial score (nSPS) is 10.6. The summed E-state index contributed by atoms with van der Waals surface area (Å²) < 4.78 is 15.7. The smallest absolute Gasteiger partial charge is 0.344 e. The number of fused-ring (bicyclic) bond motifs is 1. The first kappa shape index (κ1) is 19.1. The molecule has 0 aliphatic heterocycles. The molecular formula is C20H17NO7. The molecule has 0 spiro atoms. The highest BCUT2D eigenvalue weighted by atomic mass is 16.6. The molecule has 0 radical (unpaired) electrons. The van der Waals surface area contributed by atoms with Crippen molar-refractivity contribution >= 4 is 22.6 Å². The number of carbonyl (C=O) groups excluding carboxylic acids is 1. The van der Waals surface area contributed by atoms with E-state index in [0.717, 1.165) is 11.1 Å². The van der Waals surface area contributed by atoms with Crippen LogP contribution in [0, 0.1) is 24.0 Å². The first-order chi connectivity index (χ1) is 13.3. The lowest BCUT2D eigenvalue weighted by atomic mass is 10.0. The Hall–Kier alpha value is -3.68. The van der Waals surface area contributed by atoms with Crippen molar-refractivity contribution in [2.24, 2.45) is 0 Å². The number of hydrogen-bond donors (Lipinski definition) is 0. The Bertz CT molecular complexity index is 1100. The monoisotopic (exact) mass is 383 g/mol. The molecule has 0 aliphatic rings. The van der Waals surface area contributed by atoms with Crippen molar-refractivity contribution < 1.29 is 23.6 Å². The summed E-state index contributed by atoms with van der Waals surface area (Å²) in [5.41, 5.74) is 2.39. The van der Waals surface area contributed by atoms with Crippen molar-refractivity contribution in [2.75, 3.05) is 6.61 Å². The van der Waals surface area contributed by atoms with Crippen LogP contribution < -0.4 is 10.4 Å². The first-order valence-corrected chi connectivity index (χ1v) is 8.40. The van der Waals surface area contributed by atoms with Crippen LogP contribution in [0.5, 0.6) is 5.75 Å². The Morgan fingerprint density at radius 1 is 1.11 bits per heavy atom. The number of nitro benzene ring substituents is 1. The molecular weight excluding hydrogens is 366 g/mol. The SMILES string of the molecule is Cc1cc2oc(=O)cc(COC(=O)COc3ccc([N+](=O)[O-])cc3)c2cc1C. The zero-order valence-electron chi connectivity index (χ0n) is 15.3. The Kier molecular flexibility index (Phi) is 5.39. The van der Waals surface area contributed by atoms with Gasteiger partial charge >= 0.3 is 11.6 Å². The molecule has 1 aromatic heterocycles. The van der Waals surface area contributed by atoms with Crippen molar-refractivity contribution in [3.8, 4) is 5.75 Å². The molecule has 0 N–H and O–H groups in total. The average molecular weight is 383 g/mol. The number of benzene rings is 2. The van der Waals surface area contributed by atoms with Crippen LogP contribution >= 0.6 is 0 Å².